The van der Waals surface area contributed by atoms with Crippen molar-refractivity contribution in [2.75, 3.05) is 7.11 Å². The van der Waals surface area contributed by atoms with Gasteiger partial charge in [-0.25, -0.2) is 4.31 Å². The van der Waals surface area contributed by atoms with Crippen LogP contribution in [0.5, 0.6) is 0 Å². The van der Waals surface area contributed by atoms with Gasteiger partial charge in [0.25, 0.3) is 5.91 Å². The van der Waals surface area contributed by atoms with Gasteiger partial charge in [0, 0.05) is 5.70 Å². The van der Waals surface area contributed by atoms with Crippen LogP contribution in [-0.2, 0) is 8.98 Å². The molecular weight excluding hydrogens is 316 g/mol. The number of thiocarbonyl (C=S) groups is 1. The van der Waals surface area contributed by atoms with E-state index in [1.54, 1.807) is 13.2 Å². The van der Waals surface area contributed by atoms with Crippen LogP contribution in [0, 0.1) is 0 Å². The second kappa shape index (κ2) is 7.44. The maximum absolute atomic E-state index is 13.0. The fourth-order valence-corrected chi connectivity index (χ4v) is 4.20. The minimum atomic E-state index is -0.574. The van der Waals surface area contributed by atoms with Crippen LogP contribution in [0.1, 0.15) is 39.0 Å². The van der Waals surface area contributed by atoms with Gasteiger partial charge in [-0.2, -0.15) is 0 Å². The summed E-state index contributed by atoms with van der Waals surface area (Å²) in [4.78, 5) is 15.0. The van der Waals surface area contributed by atoms with Crippen LogP contribution in [-0.4, -0.2) is 32.9 Å². The Labute approximate surface area is 142 Å². The Morgan fingerprint density at radius 1 is 1.41 bits per heavy atom. The van der Waals surface area contributed by atoms with Crippen molar-refractivity contribution in [2.24, 2.45) is 0 Å². The lowest BCUT2D eigenvalue weighted by Gasteiger charge is -2.39. The van der Waals surface area contributed by atoms with Crippen LogP contribution in [0.15, 0.2) is 36.6 Å². The quantitative estimate of drug-likeness (QED) is 0.328. The van der Waals surface area contributed by atoms with E-state index < -0.39 is 5.54 Å². The molecule has 1 amide bonds. The third-order valence-corrected chi connectivity index (χ3v) is 5.21. The molecule has 2 rings (SSSR count). The molecule has 1 aliphatic carbocycles. The van der Waals surface area contributed by atoms with Crippen LogP contribution < -0.4 is 0 Å². The van der Waals surface area contributed by atoms with Crippen molar-refractivity contribution in [3.05, 3.63) is 36.6 Å². The Hall–Kier alpha value is -1.11. The van der Waals surface area contributed by atoms with E-state index in [0.717, 1.165) is 50.0 Å². The van der Waals surface area contributed by atoms with Crippen molar-refractivity contribution >= 4 is 35.5 Å². The predicted octanol–water partition coefficient (Wildman–Crippen LogP) is 3.97. The van der Waals surface area contributed by atoms with Crippen LogP contribution in [0.25, 0.3) is 0 Å². The highest BCUT2D eigenvalue weighted by Crippen LogP contribution is 2.45. The standard InChI is InChI=1S/C16H22N2O2S2/c1-4-9-13(10-5-2)17-15(21)18(22-20-3)14(19)16(17)11-7-6-8-12-16/h4-5,9-10H,1,6-8,11-12H2,2-3H3/b10-5-,13-9+. The average Bonchev–Trinajstić information content (AvgIpc) is 2.70. The van der Waals surface area contributed by atoms with E-state index in [1.165, 1.54) is 4.31 Å². The van der Waals surface area contributed by atoms with E-state index in [0.29, 0.717) is 5.11 Å². The van der Waals surface area contributed by atoms with Gasteiger partial charge in [-0.05, 0) is 44.1 Å². The molecule has 0 atom stereocenters. The average molecular weight is 338 g/mol. The maximum atomic E-state index is 13.0. The molecular formula is C16H22N2O2S2. The Morgan fingerprint density at radius 2 is 2.09 bits per heavy atom. The largest absolute Gasteiger partial charge is 0.302 e. The minimum absolute atomic E-state index is 0.0310. The molecule has 0 aromatic heterocycles. The molecule has 120 valence electrons. The summed E-state index contributed by atoms with van der Waals surface area (Å²) in [5.41, 5.74) is 0.326. The fraction of sp³-hybridized carbons (Fsp3) is 0.500. The summed E-state index contributed by atoms with van der Waals surface area (Å²) in [5, 5.41) is 0.491. The number of hydrogen-bond acceptors (Lipinski definition) is 4. The van der Waals surface area contributed by atoms with E-state index in [-0.39, 0.29) is 5.91 Å². The molecule has 2 aliphatic rings. The summed E-state index contributed by atoms with van der Waals surface area (Å²) in [5.74, 6) is 0.0310. The molecule has 1 saturated heterocycles. The molecule has 1 spiro atoms. The second-order valence-electron chi connectivity index (χ2n) is 5.38. The lowest BCUT2D eigenvalue weighted by atomic mass is 9.80. The van der Waals surface area contributed by atoms with Gasteiger partial charge in [-0.1, -0.05) is 38.0 Å². The van der Waals surface area contributed by atoms with E-state index in [4.69, 9.17) is 16.4 Å². The van der Waals surface area contributed by atoms with Gasteiger partial charge in [0.1, 0.15) is 17.8 Å². The molecule has 0 unspecified atom stereocenters. The molecule has 6 heteroatoms. The zero-order chi connectivity index (χ0) is 16.2. The summed E-state index contributed by atoms with van der Waals surface area (Å²) in [6.07, 6.45) is 12.4. The third-order valence-electron chi connectivity index (χ3n) is 4.09. The molecule has 0 bridgehead atoms. The molecule has 0 N–H and O–H groups in total. The third kappa shape index (κ3) is 2.87. The summed E-state index contributed by atoms with van der Waals surface area (Å²) in [6, 6.07) is 0. The molecule has 22 heavy (non-hydrogen) atoms. The van der Waals surface area contributed by atoms with Crippen LogP contribution in [0.4, 0.5) is 0 Å². The first-order chi connectivity index (χ1) is 10.6. The molecule has 4 nitrogen and oxygen atoms in total. The van der Waals surface area contributed by atoms with E-state index in [2.05, 4.69) is 6.58 Å². The minimum Gasteiger partial charge on any atom is -0.302 e. The van der Waals surface area contributed by atoms with E-state index in [1.807, 2.05) is 30.1 Å². The molecule has 0 aromatic carbocycles. The zero-order valence-corrected chi connectivity index (χ0v) is 14.7. The number of carbonyl (C=O) groups is 1. The fourth-order valence-electron chi connectivity index (χ4n) is 3.21. The van der Waals surface area contributed by atoms with Gasteiger partial charge in [-0.3, -0.25) is 8.98 Å². The van der Waals surface area contributed by atoms with Crippen molar-refractivity contribution in [2.45, 2.75) is 44.6 Å². The van der Waals surface area contributed by atoms with Crippen LogP contribution in [0.2, 0.25) is 0 Å². The lowest BCUT2D eigenvalue weighted by Crippen LogP contribution is -2.50. The van der Waals surface area contributed by atoms with Gasteiger partial charge in [-0.15, -0.1) is 0 Å². The number of nitrogens with zero attached hydrogens (tertiary/aromatic N) is 2. The monoisotopic (exact) mass is 338 g/mol. The number of amides is 1. The molecule has 1 heterocycles. The number of hydrogen-bond donors (Lipinski definition) is 0. The highest BCUT2D eigenvalue weighted by Gasteiger charge is 2.56. The number of carbonyl (C=O) groups excluding carboxylic acids is 1. The first-order valence-corrected chi connectivity index (χ1v) is 8.58. The highest BCUT2D eigenvalue weighted by molar-refractivity contribution is 7.94. The second-order valence-corrected chi connectivity index (χ2v) is 6.59. The van der Waals surface area contributed by atoms with Crippen molar-refractivity contribution in [1.82, 2.24) is 9.21 Å². The highest BCUT2D eigenvalue weighted by atomic mass is 32.2. The first kappa shape index (κ1) is 17.2. The molecule has 1 aliphatic heterocycles. The van der Waals surface area contributed by atoms with Gasteiger partial charge in [0.05, 0.1) is 7.11 Å². The molecule has 0 radical (unpaired) electrons. The van der Waals surface area contributed by atoms with Gasteiger partial charge >= 0.3 is 0 Å². The Bertz CT molecular complexity index is 522. The lowest BCUT2D eigenvalue weighted by molar-refractivity contribution is -0.131. The summed E-state index contributed by atoms with van der Waals surface area (Å²) in [7, 11) is 1.54. The Kier molecular flexibility index (Phi) is 5.83. The molecule has 0 aromatic rings. The zero-order valence-electron chi connectivity index (χ0n) is 13.1. The maximum Gasteiger partial charge on any atom is 0.267 e. The topological polar surface area (TPSA) is 32.8 Å². The van der Waals surface area contributed by atoms with Crippen molar-refractivity contribution in [3.63, 3.8) is 0 Å². The smallest absolute Gasteiger partial charge is 0.267 e. The Morgan fingerprint density at radius 3 is 2.64 bits per heavy atom. The number of allylic oxidation sites excluding steroid dienone is 4. The molecule has 2 fully saturated rings. The Balaban J connectivity index is 2.50. The normalized spacial score (nSPS) is 22.2. The summed E-state index contributed by atoms with van der Waals surface area (Å²) in [6.45, 7) is 5.73. The van der Waals surface area contributed by atoms with Crippen molar-refractivity contribution in [1.29, 1.82) is 0 Å². The van der Waals surface area contributed by atoms with E-state index >= 15 is 0 Å². The SMILES string of the molecule is C=C/C=C(\C=C/C)N1C(=S)N(SOC)C(=O)C12CCCCC2. The summed E-state index contributed by atoms with van der Waals surface area (Å²) >= 11 is 6.59. The predicted molar refractivity (Wildman–Crippen MR) is 94.8 cm³/mol. The number of rotatable bonds is 5. The van der Waals surface area contributed by atoms with Gasteiger partial charge in [0.15, 0.2) is 5.11 Å². The summed E-state index contributed by atoms with van der Waals surface area (Å²) < 4.78 is 6.60. The van der Waals surface area contributed by atoms with Gasteiger partial charge in [0.2, 0.25) is 0 Å². The van der Waals surface area contributed by atoms with Crippen LogP contribution in [0.3, 0.4) is 0 Å². The van der Waals surface area contributed by atoms with E-state index in [9.17, 15) is 4.79 Å². The van der Waals surface area contributed by atoms with Gasteiger partial charge < -0.3 is 4.90 Å². The van der Waals surface area contributed by atoms with Crippen molar-refractivity contribution in [3.8, 4) is 0 Å². The van der Waals surface area contributed by atoms with Crippen LogP contribution >= 0.6 is 24.4 Å². The van der Waals surface area contributed by atoms with Crippen molar-refractivity contribution < 1.29 is 8.98 Å². The molecule has 1 saturated carbocycles. The first-order valence-electron chi connectivity index (χ1n) is 7.47.